The van der Waals surface area contributed by atoms with E-state index >= 15 is 0 Å². The Morgan fingerprint density at radius 1 is 1.18 bits per heavy atom. The largest absolute Gasteiger partial charge is 0.290 e. The molecule has 0 N–H and O–H groups in total. The van der Waals surface area contributed by atoms with E-state index in [-0.39, 0.29) is 23.4 Å². The molecule has 0 saturated heterocycles. The van der Waals surface area contributed by atoms with Gasteiger partial charge in [0.05, 0.1) is 11.8 Å². The van der Waals surface area contributed by atoms with E-state index in [1.54, 1.807) is 6.08 Å². The van der Waals surface area contributed by atoms with Crippen LogP contribution in [0.3, 0.4) is 0 Å². The van der Waals surface area contributed by atoms with Gasteiger partial charge in [-0.1, -0.05) is 23.8 Å². The van der Waals surface area contributed by atoms with E-state index in [4.69, 9.17) is 0 Å². The Labute approximate surface area is 64.6 Å². The third-order valence-electron chi connectivity index (χ3n) is 2.27. The van der Waals surface area contributed by atoms with E-state index in [0.29, 0.717) is 0 Å². The molecule has 3 rings (SSSR count). The summed E-state index contributed by atoms with van der Waals surface area (Å²) >= 11 is 0. The van der Waals surface area contributed by atoms with Crippen LogP contribution < -0.4 is 0 Å². The lowest BCUT2D eigenvalue weighted by Gasteiger charge is -2.25. The van der Waals surface area contributed by atoms with Crippen molar-refractivity contribution in [1.82, 2.24) is 0 Å². The molecule has 2 nitrogen and oxygen atoms in total. The van der Waals surface area contributed by atoms with E-state index < -0.39 is 0 Å². The molecule has 0 fully saturated rings. The van der Waals surface area contributed by atoms with E-state index in [9.17, 15) is 9.59 Å². The molecule has 2 heteroatoms. The fourth-order valence-corrected chi connectivity index (χ4v) is 1.60. The summed E-state index contributed by atoms with van der Waals surface area (Å²) in [6.45, 7) is 1.89. The second-order valence-corrected chi connectivity index (χ2v) is 3.03. The molecule has 3 aliphatic carbocycles. The average molecular weight is 148 g/mol. The van der Waals surface area contributed by atoms with Gasteiger partial charge in [-0.2, -0.15) is 0 Å². The number of fused-ring (bicyclic) bond motifs is 1. The zero-order valence-electron chi connectivity index (χ0n) is 6.20. The van der Waals surface area contributed by atoms with E-state index in [0.717, 1.165) is 5.57 Å². The van der Waals surface area contributed by atoms with Gasteiger partial charge >= 0.3 is 0 Å². The fourth-order valence-electron chi connectivity index (χ4n) is 1.60. The van der Waals surface area contributed by atoms with Crippen LogP contribution in [0.2, 0.25) is 0 Å². The third-order valence-corrected chi connectivity index (χ3v) is 2.27. The van der Waals surface area contributed by atoms with Crippen molar-refractivity contribution < 1.29 is 9.59 Å². The van der Waals surface area contributed by atoms with Crippen molar-refractivity contribution in [3.8, 4) is 0 Å². The highest BCUT2D eigenvalue weighted by Crippen LogP contribution is 2.30. The minimum atomic E-state index is -0.257. The summed E-state index contributed by atoms with van der Waals surface area (Å²) in [4.78, 5) is 22.2. The molecule has 2 bridgehead atoms. The molecule has 0 heterocycles. The molecule has 0 aromatic rings. The fraction of sp³-hybridized carbons (Fsp3) is 0.333. The van der Waals surface area contributed by atoms with Crippen molar-refractivity contribution in [2.75, 3.05) is 0 Å². The Morgan fingerprint density at radius 3 is 2.36 bits per heavy atom. The van der Waals surface area contributed by atoms with Gasteiger partial charge < -0.3 is 0 Å². The van der Waals surface area contributed by atoms with Crippen LogP contribution >= 0.6 is 0 Å². The number of Topliss-reactive ketones (excluding diaryl/α,β-unsaturated/α-hetero) is 2. The molecule has 2 atom stereocenters. The van der Waals surface area contributed by atoms with Crippen molar-refractivity contribution in [3.05, 3.63) is 23.8 Å². The second kappa shape index (κ2) is 1.91. The van der Waals surface area contributed by atoms with Crippen LogP contribution in [-0.4, -0.2) is 11.6 Å². The molecule has 0 radical (unpaired) electrons. The lowest BCUT2D eigenvalue weighted by Crippen LogP contribution is -2.36. The van der Waals surface area contributed by atoms with Gasteiger partial charge in [-0.15, -0.1) is 0 Å². The van der Waals surface area contributed by atoms with E-state index in [1.807, 2.05) is 19.1 Å². The molecular weight excluding hydrogens is 140 g/mol. The van der Waals surface area contributed by atoms with Gasteiger partial charge in [0.2, 0.25) is 11.6 Å². The van der Waals surface area contributed by atoms with Crippen LogP contribution in [0.5, 0.6) is 0 Å². The number of allylic oxidation sites excluding steroid dienone is 4. The average Bonchev–Trinajstić information content (AvgIpc) is 1.99. The summed E-state index contributed by atoms with van der Waals surface area (Å²) in [5.74, 6) is -0.986. The third kappa shape index (κ3) is 0.723. The number of carbonyl (C=O) groups is 2. The number of rotatable bonds is 0. The summed E-state index contributed by atoms with van der Waals surface area (Å²) in [7, 11) is 0. The number of hydrogen-bond donors (Lipinski definition) is 0. The highest BCUT2D eigenvalue weighted by atomic mass is 16.2. The van der Waals surface area contributed by atoms with Gasteiger partial charge in [0.15, 0.2) is 0 Å². The first-order chi connectivity index (χ1) is 5.20. The Balaban J connectivity index is 2.53. The Hall–Kier alpha value is -1.18. The lowest BCUT2D eigenvalue weighted by atomic mass is 9.75. The van der Waals surface area contributed by atoms with Crippen molar-refractivity contribution in [2.24, 2.45) is 11.8 Å². The molecule has 3 aliphatic rings. The zero-order chi connectivity index (χ0) is 8.01. The molecule has 0 spiro atoms. The molecule has 0 aliphatic heterocycles. The minimum Gasteiger partial charge on any atom is -0.290 e. The van der Waals surface area contributed by atoms with Gasteiger partial charge in [0, 0.05) is 0 Å². The first-order valence-electron chi connectivity index (χ1n) is 3.65. The van der Waals surface area contributed by atoms with Crippen molar-refractivity contribution >= 4 is 11.6 Å². The first-order valence-corrected chi connectivity index (χ1v) is 3.65. The molecule has 0 amide bonds. The van der Waals surface area contributed by atoms with Crippen molar-refractivity contribution in [1.29, 1.82) is 0 Å². The summed E-state index contributed by atoms with van der Waals surface area (Å²) in [6.07, 6.45) is 5.50. The highest BCUT2D eigenvalue weighted by Gasteiger charge is 2.36. The summed E-state index contributed by atoms with van der Waals surface area (Å²) < 4.78 is 0. The molecule has 56 valence electrons. The molecule has 0 aromatic heterocycles. The smallest absolute Gasteiger partial charge is 0.210 e. The van der Waals surface area contributed by atoms with Crippen molar-refractivity contribution in [2.45, 2.75) is 6.92 Å². The summed E-state index contributed by atoms with van der Waals surface area (Å²) in [6, 6.07) is 0. The SMILES string of the molecule is CC1=CC2C=CC1C(=O)C2=O. The molecular formula is C9H8O2. The molecule has 0 aromatic carbocycles. The summed E-state index contributed by atoms with van der Waals surface area (Å²) in [5.41, 5.74) is 1.02. The minimum absolute atomic E-state index is 0.238. The number of carbonyl (C=O) groups excluding carboxylic acids is 2. The number of ketones is 2. The topological polar surface area (TPSA) is 34.1 Å². The van der Waals surface area contributed by atoms with Gasteiger partial charge in [0.1, 0.15) is 0 Å². The van der Waals surface area contributed by atoms with Crippen LogP contribution in [0.1, 0.15) is 6.92 Å². The van der Waals surface area contributed by atoms with Crippen LogP contribution in [-0.2, 0) is 9.59 Å². The zero-order valence-corrected chi connectivity index (χ0v) is 6.20. The highest BCUT2D eigenvalue weighted by molar-refractivity contribution is 6.42. The second-order valence-electron chi connectivity index (χ2n) is 3.03. The normalized spacial score (nSPS) is 34.5. The quantitative estimate of drug-likeness (QED) is 0.377. The lowest BCUT2D eigenvalue weighted by molar-refractivity contribution is -0.139. The van der Waals surface area contributed by atoms with Gasteiger partial charge in [-0.3, -0.25) is 9.59 Å². The summed E-state index contributed by atoms with van der Waals surface area (Å²) in [5, 5.41) is 0. The van der Waals surface area contributed by atoms with Crippen molar-refractivity contribution in [3.63, 3.8) is 0 Å². The van der Waals surface area contributed by atoms with E-state index in [2.05, 4.69) is 0 Å². The Kier molecular flexibility index (Phi) is 1.13. The maximum atomic E-state index is 11.2. The Bertz CT molecular complexity index is 297. The molecule has 11 heavy (non-hydrogen) atoms. The first kappa shape index (κ1) is 6.53. The Morgan fingerprint density at radius 2 is 1.91 bits per heavy atom. The van der Waals surface area contributed by atoms with E-state index in [1.165, 1.54) is 0 Å². The predicted molar refractivity (Wildman–Crippen MR) is 39.9 cm³/mol. The monoisotopic (exact) mass is 148 g/mol. The predicted octanol–water partition coefficient (Wildman–Crippen LogP) is 0.887. The molecule has 2 unspecified atom stereocenters. The van der Waals surface area contributed by atoms with Gasteiger partial charge in [-0.25, -0.2) is 0 Å². The van der Waals surface area contributed by atoms with Crippen LogP contribution in [0.25, 0.3) is 0 Å². The van der Waals surface area contributed by atoms with Crippen LogP contribution in [0.4, 0.5) is 0 Å². The van der Waals surface area contributed by atoms with Gasteiger partial charge in [-0.05, 0) is 6.92 Å². The maximum absolute atomic E-state index is 11.2. The van der Waals surface area contributed by atoms with Crippen LogP contribution in [0, 0.1) is 11.8 Å². The maximum Gasteiger partial charge on any atom is 0.210 e. The number of hydrogen-bond acceptors (Lipinski definition) is 2. The van der Waals surface area contributed by atoms with Crippen LogP contribution in [0.15, 0.2) is 23.8 Å². The standard InChI is InChI=1S/C9H8O2/c1-5-4-6-2-3-7(5)9(11)8(6)10/h2-4,6-7H,1H3. The van der Waals surface area contributed by atoms with Gasteiger partial charge in [0.25, 0.3) is 0 Å². The molecule has 0 saturated carbocycles.